The number of thioether (sulfide) groups is 1. The monoisotopic (exact) mass is 432 g/mol. The van der Waals surface area contributed by atoms with Crippen molar-refractivity contribution < 1.29 is 9.32 Å². The third kappa shape index (κ3) is 4.25. The molecule has 1 unspecified atom stereocenters. The summed E-state index contributed by atoms with van der Waals surface area (Å²) in [6.07, 6.45) is 3.02. The van der Waals surface area contributed by atoms with E-state index >= 15 is 0 Å². The number of hydrogen-bond donors (Lipinski definition) is 2. The lowest BCUT2D eigenvalue weighted by Crippen LogP contribution is -2.26. The predicted octanol–water partition coefficient (Wildman–Crippen LogP) is 4.16. The van der Waals surface area contributed by atoms with E-state index in [4.69, 9.17) is 4.52 Å². The highest BCUT2D eigenvalue weighted by Crippen LogP contribution is 2.42. The molecule has 0 bridgehead atoms. The van der Waals surface area contributed by atoms with Crippen LogP contribution in [0.2, 0.25) is 0 Å². The van der Waals surface area contributed by atoms with Crippen LogP contribution in [0.3, 0.4) is 0 Å². The lowest BCUT2D eigenvalue weighted by Gasteiger charge is -2.33. The number of nitrogens with one attached hydrogen (secondary N) is 2. The molecule has 9 heteroatoms. The average molecular weight is 433 g/mol. The summed E-state index contributed by atoms with van der Waals surface area (Å²) in [6, 6.07) is 1.65. The first kappa shape index (κ1) is 20.2. The molecular formula is C20H24N4O3S2. The second-order valence-electron chi connectivity index (χ2n) is 8.52. The molecule has 0 aromatic carbocycles. The first-order valence-electron chi connectivity index (χ1n) is 9.61. The topological polar surface area (TPSA) is 101 Å². The number of aromatic amines is 1. The Labute approximate surface area is 176 Å². The summed E-state index contributed by atoms with van der Waals surface area (Å²) >= 11 is 2.82. The Morgan fingerprint density at radius 2 is 2.24 bits per heavy atom. The van der Waals surface area contributed by atoms with Gasteiger partial charge in [0.15, 0.2) is 11.0 Å². The van der Waals surface area contributed by atoms with Crippen LogP contribution >= 0.6 is 23.1 Å². The normalized spacial score (nSPS) is 16.8. The molecule has 3 aromatic heterocycles. The van der Waals surface area contributed by atoms with Gasteiger partial charge in [0.1, 0.15) is 10.6 Å². The van der Waals surface area contributed by atoms with Gasteiger partial charge in [-0.15, -0.1) is 11.3 Å². The Bertz CT molecular complexity index is 1120. The summed E-state index contributed by atoms with van der Waals surface area (Å²) in [4.78, 5) is 34.3. The molecule has 0 spiro atoms. The average Bonchev–Trinajstić information content (AvgIpc) is 3.21. The Morgan fingerprint density at radius 1 is 1.45 bits per heavy atom. The fourth-order valence-corrected chi connectivity index (χ4v) is 5.73. The van der Waals surface area contributed by atoms with E-state index in [9.17, 15) is 9.59 Å². The summed E-state index contributed by atoms with van der Waals surface area (Å²) in [7, 11) is 0. The van der Waals surface area contributed by atoms with Gasteiger partial charge in [0.05, 0.1) is 11.1 Å². The molecule has 0 fully saturated rings. The number of carbonyl (C=O) groups is 1. The summed E-state index contributed by atoms with van der Waals surface area (Å²) in [5.74, 6) is 1.51. The molecule has 2 N–H and O–H groups in total. The summed E-state index contributed by atoms with van der Waals surface area (Å²) in [5.41, 5.74) is 1.30. The van der Waals surface area contributed by atoms with E-state index in [1.165, 1.54) is 16.6 Å². The minimum atomic E-state index is -0.232. The standard InChI is InChI=1S/C20H24N4O3S2/c1-10-7-14(24-27-10)21-15(25)9-28-19-22-17(26)16-12-6-5-11(20(2,3)4)8-13(12)29-18(16)23-19/h7,11H,5-6,8-9H2,1-4H3,(H,21,24,25)(H,22,23,26). The second kappa shape index (κ2) is 7.60. The van der Waals surface area contributed by atoms with Crippen molar-refractivity contribution in [2.75, 3.05) is 11.1 Å². The number of amides is 1. The maximum absolute atomic E-state index is 12.7. The number of aryl methyl sites for hydroxylation is 2. The smallest absolute Gasteiger partial charge is 0.260 e. The Kier molecular flexibility index (Phi) is 5.29. The van der Waals surface area contributed by atoms with E-state index in [2.05, 4.69) is 41.2 Å². The number of hydrogen-bond acceptors (Lipinski definition) is 7. The number of carbonyl (C=O) groups excluding carboxylic acids is 1. The molecule has 1 aliphatic rings. The molecule has 0 saturated heterocycles. The fraction of sp³-hybridized carbons (Fsp3) is 0.500. The third-order valence-electron chi connectivity index (χ3n) is 5.36. The molecule has 0 aliphatic heterocycles. The van der Waals surface area contributed by atoms with Gasteiger partial charge in [0.25, 0.3) is 5.56 Å². The van der Waals surface area contributed by atoms with Crippen LogP contribution in [0, 0.1) is 18.3 Å². The maximum atomic E-state index is 12.7. The van der Waals surface area contributed by atoms with Crippen LogP contribution in [0.4, 0.5) is 5.82 Å². The zero-order valence-electron chi connectivity index (χ0n) is 16.9. The molecule has 1 atom stereocenters. The number of rotatable bonds is 4. The van der Waals surface area contributed by atoms with Crippen LogP contribution in [0.1, 0.15) is 43.4 Å². The zero-order valence-corrected chi connectivity index (χ0v) is 18.6. The zero-order chi connectivity index (χ0) is 20.8. The van der Waals surface area contributed by atoms with Gasteiger partial charge in [-0.2, -0.15) is 0 Å². The highest BCUT2D eigenvalue weighted by atomic mass is 32.2. The number of aromatic nitrogens is 3. The molecule has 3 heterocycles. The third-order valence-corrected chi connectivity index (χ3v) is 7.38. The van der Waals surface area contributed by atoms with Crippen molar-refractivity contribution in [3.8, 4) is 0 Å². The van der Waals surface area contributed by atoms with Gasteiger partial charge in [-0.3, -0.25) is 9.59 Å². The van der Waals surface area contributed by atoms with E-state index in [1.54, 1.807) is 24.3 Å². The first-order valence-corrected chi connectivity index (χ1v) is 11.4. The van der Waals surface area contributed by atoms with Crippen LogP contribution in [-0.2, 0) is 17.6 Å². The Hall–Kier alpha value is -2.13. The molecule has 29 heavy (non-hydrogen) atoms. The van der Waals surface area contributed by atoms with Gasteiger partial charge >= 0.3 is 0 Å². The van der Waals surface area contributed by atoms with Crippen LogP contribution < -0.4 is 10.9 Å². The Morgan fingerprint density at radius 3 is 2.93 bits per heavy atom. The van der Waals surface area contributed by atoms with E-state index < -0.39 is 0 Å². The lowest BCUT2D eigenvalue weighted by molar-refractivity contribution is -0.113. The van der Waals surface area contributed by atoms with Crippen molar-refractivity contribution >= 4 is 45.0 Å². The molecule has 7 nitrogen and oxygen atoms in total. The van der Waals surface area contributed by atoms with E-state index in [1.807, 2.05) is 0 Å². The van der Waals surface area contributed by atoms with Crippen molar-refractivity contribution in [3.05, 3.63) is 32.6 Å². The van der Waals surface area contributed by atoms with Gasteiger partial charge < -0.3 is 14.8 Å². The number of fused-ring (bicyclic) bond motifs is 3. The molecule has 1 amide bonds. The molecule has 1 aliphatic carbocycles. The van der Waals surface area contributed by atoms with Crippen LogP contribution in [-0.4, -0.2) is 26.8 Å². The largest absolute Gasteiger partial charge is 0.360 e. The summed E-state index contributed by atoms with van der Waals surface area (Å²) in [6.45, 7) is 8.59. The van der Waals surface area contributed by atoms with E-state index in [0.717, 1.165) is 35.0 Å². The maximum Gasteiger partial charge on any atom is 0.260 e. The van der Waals surface area contributed by atoms with Crippen molar-refractivity contribution in [2.45, 2.75) is 52.1 Å². The van der Waals surface area contributed by atoms with Gasteiger partial charge in [-0.25, -0.2) is 4.98 Å². The summed E-state index contributed by atoms with van der Waals surface area (Å²) < 4.78 is 4.93. The quantitative estimate of drug-likeness (QED) is 0.474. The van der Waals surface area contributed by atoms with Gasteiger partial charge in [-0.1, -0.05) is 37.7 Å². The Balaban J connectivity index is 1.51. The highest BCUT2D eigenvalue weighted by Gasteiger charge is 2.31. The van der Waals surface area contributed by atoms with Crippen LogP contribution in [0.25, 0.3) is 10.2 Å². The van der Waals surface area contributed by atoms with Crippen LogP contribution in [0.5, 0.6) is 0 Å². The number of thiophene rings is 1. The minimum absolute atomic E-state index is 0.114. The molecule has 0 saturated carbocycles. The SMILES string of the molecule is Cc1cc(NC(=O)CSc2nc3sc4c(c3c(=O)[nH]2)CCC(C(C)(C)C)C4)no1. The molecule has 154 valence electrons. The van der Waals surface area contributed by atoms with Gasteiger partial charge in [0, 0.05) is 10.9 Å². The molecular weight excluding hydrogens is 408 g/mol. The number of anilines is 1. The highest BCUT2D eigenvalue weighted by molar-refractivity contribution is 7.99. The van der Waals surface area contributed by atoms with Gasteiger partial charge in [0.2, 0.25) is 5.91 Å². The first-order chi connectivity index (χ1) is 13.7. The van der Waals surface area contributed by atoms with Gasteiger partial charge in [-0.05, 0) is 43.1 Å². The molecule has 0 radical (unpaired) electrons. The summed E-state index contributed by atoms with van der Waals surface area (Å²) in [5, 5.41) is 7.58. The molecule has 4 rings (SSSR count). The van der Waals surface area contributed by atoms with E-state index in [0.29, 0.717) is 22.7 Å². The lowest BCUT2D eigenvalue weighted by atomic mass is 9.72. The van der Waals surface area contributed by atoms with Crippen molar-refractivity contribution in [1.82, 2.24) is 15.1 Å². The minimum Gasteiger partial charge on any atom is -0.360 e. The van der Waals surface area contributed by atoms with Crippen molar-refractivity contribution in [2.24, 2.45) is 11.3 Å². The molecule has 3 aromatic rings. The number of nitrogens with zero attached hydrogens (tertiary/aromatic N) is 2. The van der Waals surface area contributed by atoms with Crippen LogP contribution in [0.15, 0.2) is 20.5 Å². The fourth-order valence-electron chi connectivity index (χ4n) is 3.71. The predicted molar refractivity (Wildman–Crippen MR) is 116 cm³/mol. The number of H-pyrrole nitrogens is 1. The van der Waals surface area contributed by atoms with E-state index in [-0.39, 0.29) is 22.6 Å². The van der Waals surface area contributed by atoms with Crippen molar-refractivity contribution in [1.29, 1.82) is 0 Å². The van der Waals surface area contributed by atoms with Crippen molar-refractivity contribution in [3.63, 3.8) is 0 Å². The second-order valence-corrected chi connectivity index (χ2v) is 10.6.